The molecule has 1 N–H and O–H groups in total. The summed E-state index contributed by atoms with van der Waals surface area (Å²) in [4.78, 5) is 13.1. The maximum atomic E-state index is 10.7. The average Bonchev–Trinajstić information content (AvgIpc) is 2.86. The Morgan fingerprint density at radius 2 is 2.20 bits per heavy atom. The molecule has 1 fully saturated rings. The maximum Gasteiger partial charge on any atom is 0.328 e. The highest BCUT2D eigenvalue weighted by molar-refractivity contribution is 5.87. The number of carboxylic acids is 1. The van der Waals surface area contributed by atoms with Crippen LogP contribution in [-0.2, 0) is 4.79 Å². The minimum atomic E-state index is -0.904. The van der Waals surface area contributed by atoms with E-state index in [0.717, 1.165) is 35.8 Å². The van der Waals surface area contributed by atoms with Crippen LogP contribution in [0.1, 0.15) is 31.4 Å². The van der Waals surface area contributed by atoms with Crippen molar-refractivity contribution >= 4 is 17.7 Å². The first-order valence-electron chi connectivity index (χ1n) is 7.24. The number of rotatable bonds is 4. The lowest BCUT2D eigenvalue weighted by Gasteiger charge is -2.22. The van der Waals surface area contributed by atoms with Gasteiger partial charge in [-0.3, -0.25) is 0 Å². The summed E-state index contributed by atoms with van der Waals surface area (Å²) in [6.45, 7) is 8.69. The van der Waals surface area contributed by atoms with E-state index in [1.807, 2.05) is 6.92 Å². The highest BCUT2D eigenvalue weighted by Gasteiger charge is 2.25. The molecule has 3 nitrogen and oxygen atoms in total. The molecule has 2 rings (SSSR count). The van der Waals surface area contributed by atoms with Crippen LogP contribution in [-0.4, -0.2) is 24.2 Å². The molecule has 3 heteroatoms. The number of hydrogen-bond donors (Lipinski definition) is 1. The van der Waals surface area contributed by atoms with Gasteiger partial charge in [0.25, 0.3) is 0 Å². The van der Waals surface area contributed by atoms with Gasteiger partial charge in [-0.05, 0) is 49.0 Å². The van der Waals surface area contributed by atoms with E-state index >= 15 is 0 Å². The van der Waals surface area contributed by atoms with Gasteiger partial charge in [0.2, 0.25) is 0 Å². The van der Waals surface area contributed by atoms with Gasteiger partial charge in [-0.25, -0.2) is 4.79 Å². The van der Waals surface area contributed by atoms with Crippen LogP contribution in [0.15, 0.2) is 24.3 Å². The second kappa shape index (κ2) is 6.12. The first-order valence-corrected chi connectivity index (χ1v) is 7.24. The van der Waals surface area contributed by atoms with Gasteiger partial charge in [-0.2, -0.15) is 0 Å². The highest BCUT2D eigenvalue weighted by atomic mass is 16.4. The molecule has 0 radical (unpaired) electrons. The van der Waals surface area contributed by atoms with Gasteiger partial charge in [0.05, 0.1) is 0 Å². The Morgan fingerprint density at radius 3 is 2.80 bits per heavy atom. The van der Waals surface area contributed by atoms with Crippen molar-refractivity contribution in [2.45, 2.75) is 27.2 Å². The smallest absolute Gasteiger partial charge is 0.328 e. The van der Waals surface area contributed by atoms with E-state index in [-0.39, 0.29) is 0 Å². The normalized spacial score (nSPS) is 19.2. The van der Waals surface area contributed by atoms with Gasteiger partial charge in [0.1, 0.15) is 0 Å². The average molecular weight is 273 g/mol. The minimum absolute atomic E-state index is 0.698. The third-order valence-electron chi connectivity index (χ3n) is 4.10. The maximum absolute atomic E-state index is 10.7. The molecule has 0 saturated carbocycles. The number of aryl methyl sites for hydroxylation is 1. The molecule has 1 saturated heterocycles. The Balaban J connectivity index is 2.25. The highest BCUT2D eigenvalue weighted by Crippen LogP contribution is 2.31. The van der Waals surface area contributed by atoms with Crippen LogP contribution in [0, 0.1) is 18.8 Å². The van der Waals surface area contributed by atoms with Gasteiger partial charge < -0.3 is 10.0 Å². The van der Waals surface area contributed by atoms with E-state index in [0.29, 0.717) is 5.92 Å². The molecule has 108 valence electrons. The molecule has 1 heterocycles. The lowest BCUT2D eigenvalue weighted by Crippen LogP contribution is -2.22. The van der Waals surface area contributed by atoms with E-state index in [1.54, 1.807) is 6.08 Å². The fourth-order valence-corrected chi connectivity index (χ4v) is 2.81. The number of hydrogen-bond acceptors (Lipinski definition) is 2. The molecular formula is C17H23NO2. The largest absolute Gasteiger partial charge is 0.478 e. The van der Waals surface area contributed by atoms with Gasteiger partial charge in [-0.1, -0.05) is 25.5 Å². The molecule has 1 atom stereocenters. The Labute approximate surface area is 120 Å². The molecule has 0 bridgehead atoms. The van der Waals surface area contributed by atoms with Gasteiger partial charge in [0.15, 0.2) is 0 Å². The Bertz CT molecular complexity index is 520. The first-order chi connectivity index (χ1) is 9.47. The van der Waals surface area contributed by atoms with Crippen molar-refractivity contribution in [2.24, 2.45) is 11.8 Å². The van der Waals surface area contributed by atoms with Crippen molar-refractivity contribution in [3.8, 4) is 0 Å². The van der Waals surface area contributed by atoms with Crippen molar-refractivity contribution in [2.75, 3.05) is 18.0 Å². The predicted molar refractivity (Wildman–Crippen MR) is 83.0 cm³/mol. The van der Waals surface area contributed by atoms with Crippen LogP contribution in [0.3, 0.4) is 0 Å². The summed E-state index contributed by atoms with van der Waals surface area (Å²) in [7, 11) is 0. The quantitative estimate of drug-likeness (QED) is 0.852. The van der Waals surface area contributed by atoms with Crippen LogP contribution < -0.4 is 4.90 Å². The van der Waals surface area contributed by atoms with Crippen molar-refractivity contribution in [3.05, 3.63) is 35.4 Å². The van der Waals surface area contributed by atoms with Gasteiger partial charge in [-0.15, -0.1) is 0 Å². The zero-order valence-corrected chi connectivity index (χ0v) is 12.5. The van der Waals surface area contributed by atoms with Crippen molar-refractivity contribution in [1.29, 1.82) is 0 Å². The number of carboxylic acid groups (broad SMARTS) is 1. The molecule has 1 aromatic carbocycles. The third kappa shape index (κ3) is 3.41. The second-order valence-electron chi connectivity index (χ2n) is 5.97. The van der Waals surface area contributed by atoms with Crippen molar-refractivity contribution < 1.29 is 9.90 Å². The zero-order chi connectivity index (χ0) is 14.7. The monoisotopic (exact) mass is 273 g/mol. The zero-order valence-electron chi connectivity index (χ0n) is 12.5. The SMILES string of the molecule is Cc1ccc(N2CCC(C(C)C)C2)c(/C=C/C(=O)O)c1. The van der Waals surface area contributed by atoms with Gasteiger partial charge in [0, 0.05) is 24.9 Å². The second-order valence-corrected chi connectivity index (χ2v) is 5.97. The standard InChI is InChI=1S/C17H23NO2/c1-12(2)15-8-9-18(11-15)16-6-4-13(3)10-14(16)5-7-17(19)20/h4-7,10,12,15H,8-9,11H2,1-3H3,(H,19,20)/b7-5+. The molecule has 1 aliphatic rings. The summed E-state index contributed by atoms with van der Waals surface area (Å²) in [5.74, 6) is 0.523. The summed E-state index contributed by atoms with van der Waals surface area (Å²) in [6.07, 6.45) is 4.13. The molecular weight excluding hydrogens is 250 g/mol. The molecule has 0 amide bonds. The van der Waals surface area contributed by atoms with E-state index in [9.17, 15) is 4.79 Å². The summed E-state index contributed by atoms with van der Waals surface area (Å²) < 4.78 is 0. The van der Waals surface area contributed by atoms with Crippen LogP contribution in [0.5, 0.6) is 0 Å². The number of anilines is 1. The Kier molecular flexibility index (Phi) is 4.48. The van der Waals surface area contributed by atoms with Crippen LogP contribution >= 0.6 is 0 Å². The molecule has 20 heavy (non-hydrogen) atoms. The first kappa shape index (κ1) is 14.6. The van der Waals surface area contributed by atoms with E-state index in [4.69, 9.17) is 5.11 Å². The number of benzene rings is 1. The van der Waals surface area contributed by atoms with Crippen molar-refractivity contribution in [3.63, 3.8) is 0 Å². The number of nitrogens with zero attached hydrogens (tertiary/aromatic N) is 1. The number of carbonyl (C=O) groups is 1. The summed E-state index contributed by atoms with van der Waals surface area (Å²) in [5, 5.41) is 8.81. The molecule has 0 aromatic heterocycles. The fraction of sp³-hybridized carbons (Fsp3) is 0.471. The fourth-order valence-electron chi connectivity index (χ4n) is 2.81. The summed E-state index contributed by atoms with van der Waals surface area (Å²) in [5.41, 5.74) is 3.30. The van der Waals surface area contributed by atoms with Crippen LogP contribution in [0.25, 0.3) is 6.08 Å². The summed E-state index contributed by atoms with van der Waals surface area (Å²) in [6, 6.07) is 6.26. The molecule has 1 unspecified atom stereocenters. The topological polar surface area (TPSA) is 40.5 Å². The van der Waals surface area contributed by atoms with E-state index in [1.165, 1.54) is 12.5 Å². The Morgan fingerprint density at radius 1 is 1.45 bits per heavy atom. The predicted octanol–water partition coefficient (Wildman–Crippen LogP) is 3.58. The minimum Gasteiger partial charge on any atom is -0.478 e. The van der Waals surface area contributed by atoms with Gasteiger partial charge >= 0.3 is 5.97 Å². The lowest BCUT2D eigenvalue weighted by molar-refractivity contribution is -0.131. The van der Waals surface area contributed by atoms with Crippen molar-refractivity contribution in [1.82, 2.24) is 0 Å². The van der Waals surface area contributed by atoms with Crippen LogP contribution in [0.2, 0.25) is 0 Å². The third-order valence-corrected chi connectivity index (χ3v) is 4.10. The molecule has 1 aliphatic heterocycles. The molecule has 0 aliphatic carbocycles. The van der Waals surface area contributed by atoms with E-state index in [2.05, 4.69) is 36.9 Å². The van der Waals surface area contributed by atoms with E-state index < -0.39 is 5.97 Å². The lowest BCUT2D eigenvalue weighted by atomic mass is 9.95. The van der Waals surface area contributed by atoms with Crippen LogP contribution in [0.4, 0.5) is 5.69 Å². The number of aliphatic carboxylic acids is 1. The Hall–Kier alpha value is -1.77. The molecule has 0 spiro atoms. The molecule has 1 aromatic rings. The summed E-state index contributed by atoms with van der Waals surface area (Å²) >= 11 is 0.